The van der Waals surface area contributed by atoms with Crippen molar-refractivity contribution < 1.29 is 14.4 Å². The van der Waals surface area contributed by atoms with Gasteiger partial charge in [-0.25, -0.2) is 0 Å². The van der Waals surface area contributed by atoms with Crippen molar-refractivity contribution in [2.24, 2.45) is 0 Å². The molecule has 0 saturated carbocycles. The van der Waals surface area contributed by atoms with Crippen LogP contribution in [0.25, 0.3) is 0 Å². The number of likely N-dealkylation sites (tertiary alicyclic amines) is 1. The highest BCUT2D eigenvalue weighted by molar-refractivity contribution is 6.02. The molecule has 1 saturated heterocycles. The molecule has 2 rings (SSSR count). The molecule has 124 valence electrons. The summed E-state index contributed by atoms with van der Waals surface area (Å²) < 4.78 is 0. The van der Waals surface area contributed by atoms with E-state index in [1.165, 1.54) is 6.92 Å². The van der Waals surface area contributed by atoms with Crippen molar-refractivity contribution in [3.8, 4) is 0 Å². The van der Waals surface area contributed by atoms with E-state index in [1.54, 1.807) is 4.90 Å². The number of carbonyl (C=O) groups is 3. The SMILES string of the molecule is CC(=O)NCCC(=O)N1CCCC1C(=O)c1ccc(C)c(C)c1. The fourth-order valence-electron chi connectivity index (χ4n) is 2.91. The number of aryl methyl sites for hydroxylation is 2. The van der Waals surface area contributed by atoms with Gasteiger partial charge in [-0.15, -0.1) is 0 Å². The van der Waals surface area contributed by atoms with E-state index < -0.39 is 0 Å². The molecule has 1 atom stereocenters. The number of carbonyl (C=O) groups excluding carboxylic acids is 3. The number of nitrogens with one attached hydrogen (secondary N) is 1. The Morgan fingerprint density at radius 1 is 1.22 bits per heavy atom. The average Bonchev–Trinajstić information content (AvgIpc) is 2.98. The summed E-state index contributed by atoms with van der Waals surface area (Å²) in [6.07, 6.45) is 1.78. The van der Waals surface area contributed by atoms with Crippen LogP contribution in [0.15, 0.2) is 18.2 Å². The normalized spacial score (nSPS) is 17.2. The molecule has 0 bridgehead atoms. The fourth-order valence-corrected chi connectivity index (χ4v) is 2.91. The third-order valence-corrected chi connectivity index (χ3v) is 4.38. The molecule has 5 heteroatoms. The largest absolute Gasteiger partial charge is 0.356 e. The molecule has 1 N–H and O–H groups in total. The number of benzene rings is 1. The predicted octanol–water partition coefficient (Wildman–Crippen LogP) is 2.00. The van der Waals surface area contributed by atoms with Crippen LogP contribution >= 0.6 is 0 Å². The molecule has 1 unspecified atom stereocenters. The Morgan fingerprint density at radius 2 is 1.96 bits per heavy atom. The summed E-state index contributed by atoms with van der Waals surface area (Å²) in [6, 6.07) is 5.31. The van der Waals surface area contributed by atoms with Gasteiger partial charge in [0.05, 0.1) is 6.04 Å². The highest BCUT2D eigenvalue weighted by atomic mass is 16.2. The van der Waals surface area contributed by atoms with Gasteiger partial charge in [-0.3, -0.25) is 14.4 Å². The lowest BCUT2D eigenvalue weighted by Crippen LogP contribution is -2.41. The Kier molecular flexibility index (Phi) is 5.53. The molecular weight excluding hydrogens is 292 g/mol. The van der Waals surface area contributed by atoms with Crippen molar-refractivity contribution in [2.75, 3.05) is 13.1 Å². The van der Waals surface area contributed by atoms with E-state index in [2.05, 4.69) is 5.32 Å². The van der Waals surface area contributed by atoms with Crippen molar-refractivity contribution in [2.45, 2.75) is 46.1 Å². The maximum Gasteiger partial charge on any atom is 0.224 e. The number of hydrogen-bond acceptors (Lipinski definition) is 3. The van der Waals surface area contributed by atoms with Gasteiger partial charge in [0.1, 0.15) is 0 Å². The first-order chi connectivity index (χ1) is 10.9. The number of Topliss-reactive ketones (excluding diaryl/α,β-unsaturated/α-hetero) is 1. The zero-order valence-corrected chi connectivity index (χ0v) is 14.0. The van der Waals surface area contributed by atoms with Gasteiger partial charge in [0.15, 0.2) is 5.78 Å². The molecule has 0 spiro atoms. The molecule has 23 heavy (non-hydrogen) atoms. The van der Waals surface area contributed by atoms with E-state index in [0.29, 0.717) is 25.1 Å². The number of amides is 2. The highest BCUT2D eigenvalue weighted by Crippen LogP contribution is 2.23. The first kappa shape index (κ1) is 17.2. The molecule has 1 aromatic rings. The summed E-state index contributed by atoms with van der Waals surface area (Å²) >= 11 is 0. The molecule has 1 fully saturated rings. The van der Waals surface area contributed by atoms with Crippen LogP contribution < -0.4 is 5.32 Å². The van der Waals surface area contributed by atoms with Gasteiger partial charge in [-0.2, -0.15) is 0 Å². The van der Waals surface area contributed by atoms with Crippen molar-refractivity contribution >= 4 is 17.6 Å². The van der Waals surface area contributed by atoms with Gasteiger partial charge >= 0.3 is 0 Å². The molecule has 1 aliphatic rings. The van der Waals surface area contributed by atoms with E-state index in [-0.39, 0.29) is 30.1 Å². The van der Waals surface area contributed by atoms with Gasteiger partial charge in [0.25, 0.3) is 0 Å². The smallest absolute Gasteiger partial charge is 0.224 e. The van der Waals surface area contributed by atoms with Crippen LogP contribution in [-0.2, 0) is 9.59 Å². The average molecular weight is 316 g/mol. The van der Waals surface area contributed by atoms with Crippen molar-refractivity contribution in [3.05, 3.63) is 34.9 Å². The molecule has 1 heterocycles. The third kappa shape index (κ3) is 4.18. The van der Waals surface area contributed by atoms with Crippen LogP contribution in [0.5, 0.6) is 0 Å². The van der Waals surface area contributed by atoms with E-state index >= 15 is 0 Å². The summed E-state index contributed by atoms with van der Waals surface area (Å²) in [5.41, 5.74) is 2.90. The minimum atomic E-state index is -0.373. The molecule has 5 nitrogen and oxygen atoms in total. The first-order valence-electron chi connectivity index (χ1n) is 8.05. The summed E-state index contributed by atoms with van der Waals surface area (Å²) in [6.45, 7) is 6.34. The lowest BCUT2D eigenvalue weighted by Gasteiger charge is -2.24. The van der Waals surface area contributed by atoms with Crippen LogP contribution in [0, 0.1) is 13.8 Å². The monoisotopic (exact) mass is 316 g/mol. The second-order valence-electron chi connectivity index (χ2n) is 6.14. The predicted molar refractivity (Wildman–Crippen MR) is 88.3 cm³/mol. The minimum absolute atomic E-state index is 0.0125. The van der Waals surface area contributed by atoms with Gasteiger partial charge in [0.2, 0.25) is 11.8 Å². The number of hydrogen-bond donors (Lipinski definition) is 1. The van der Waals surface area contributed by atoms with Crippen LogP contribution in [0.2, 0.25) is 0 Å². The lowest BCUT2D eigenvalue weighted by atomic mass is 9.98. The maximum absolute atomic E-state index is 12.7. The number of rotatable bonds is 5. The molecule has 2 amide bonds. The van der Waals surface area contributed by atoms with Gasteiger partial charge in [-0.05, 0) is 43.9 Å². The molecule has 1 aromatic carbocycles. The second-order valence-corrected chi connectivity index (χ2v) is 6.14. The Balaban J connectivity index is 2.05. The van der Waals surface area contributed by atoms with E-state index in [0.717, 1.165) is 17.5 Å². The summed E-state index contributed by atoms with van der Waals surface area (Å²) in [4.78, 5) is 37.6. The summed E-state index contributed by atoms with van der Waals surface area (Å²) in [5, 5.41) is 2.62. The standard InChI is InChI=1S/C18H24N2O3/c1-12-6-7-15(11-13(12)2)18(23)16-5-4-10-20(16)17(22)8-9-19-14(3)21/h6-7,11,16H,4-5,8-10H2,1-3H3,(H,19,21). The van der Waals surface area contributed by atoms with E-state index in [9.17, 15) is 14.4 Å². The molecule has 0 aliphatic carbocycles. The quantitative estimate of drug-likeness (QED) is 0.845. The Morgan fingerprint density at radius 3 is 2.61 bits per heavy atom. The van der Waals surface area contributed by atoms with Crippen molar-refractivity contribution in [3.63, 3.8) is 0 Å². The summed E-state index contributed by atoms with van der Waals surface area (Å²) in [5.74, 6) is -0.209. The van der Waals surface area contributed by atoms with Crippen LogP contribution in [-0.4, -0.2) is 41.6 Å². The molecule has 0 radical (unpaired) electrons. The zero-order chi connectivity index (χ0) is 17.0. The Labute approximate surface area is 137 Å². The maximum atomic E-state index is 12.7. The Hall–Kier alpha value is -2.17. The van der Waals surface area contributed by atoms with Crippen LogP contribution in [0.1, 0.15) is 47.7 Å². The van der Waals surface area contributed by atoms with Gasteiger partial charge in [0, 0.05) is 32.0 Å². The van der Waals surface area contributed by atoms with Crippen molar-refractivity contribution in [1.82, 2.24) is 10.2 Å². The number of nitrogens with zero attached hydrogens (tertiary/aromatic N) is 1. The van der Waals surface area contributed by atoms with Crippen molar-refractivity contribution in [1.29, 1.82) is 0 Å². The van der Waals surface area contributed by atoms with Gasteiger partial charge < -0.3 is 10.2 Å². The minimum Gasteiger partial charge on any atom is -0.356 e. The zero-order valence-electron chi connectivity index (χ0n) is 14.0. The third-order valence-electron chi connectivity index (χ3n) is 4.38. The lowest BCUT2D eigenvalue weighted by molar-refractivity contribution is -0.131. The van der Waals surface area contributed by atoms with Gasteiger partial charge in [-0.1, -0.05) is 12.1 Å². The van der Waals surface area contributed by atoms with E-state index in [4.69, 9.17) is 0 Å². The molecule has 1 aliphatic heterocycles. The molecular formula is C18H24N2O3. The fraction of sp³-hybridized carbons (Fsp3) is 0.500. The summed E-state index contributed by atoms with van der Waals surface area (Å²) in [7, 11) is 0. The van der Waals surface area contributed by atoms with Crippen LogP contribution in [0.4, 0.5) is 0 Å². The number of ketones is 1. The van der Waals surface area contributed by atoms with E-state index in [1.807, 2.05) is 32.0 Å². The second kappa shape index (κ2) is 7.40. The van der Waals surface area contributed by atoms with Crippen LogP contribution in [0.3, 0.4) is 0 Å². The highest BCUT2D eigenvalue weighted by Gasteiger charge is 2.34. The Bertz CT molecular complexity index is 625. The first-order valence-corrected chi connectivity index (χ1v) is 8.05. The topological polar surface area (TPSA) is 66.5 Å². The molecule has 0 aromatic heterocycles.